The smallest absolute Gasteiger partial charge is 0.340 e. The number of para-hydroxylation sites is 1. The molecule has 2 aromatic carbocycles. The van der Waals surface area contributed by atoms with Crippen LogP contribution in [0.5, 0.6) is 0 Å². The molecule has 0 saturated carbocycles. The van der Waals surface area contributed by atoms with Gasteiger partial charge in [-0.15, -0.1) is 0 Å². The van der Waals surface area contributed by atoms with Gasteiger partial charge in [0.15, 0.2) is 0 Å². The van der Waals surface area contributed by atoms with Crippen LogP contribution in [0.25, 0.3) is 0 Å². The summed E-state index contributed by atoms with van der Waals surface area (Å²) in [6.07, 6.45) is 0.323. The summed E-state index contributed by atoms with van der Waals surface area (Å²) in [7, 11) is 0. The van der Waals surface area contributed by atoms with E-state index in [1.165, 1.54) is 5.56 Å². The molecule has 2 rings (SSSR count). The van der Waals surface area contributed by atoms with E-state index in [4.69, 9.17) is 4.74 Å². The van der Waals surface area contributed by atoms with Gasteiger partial charge in [-0.25, -0.2) is 4.79 Å². The highest BCUT2D eigenvalue weighted by molar-refractivity contribution is 6.01. The lowest BCUT2D eigenvalue weighted by atomic mass is 10.1. The van der Waals surface area contributed by atoms with E-state index in [0.717, 1.165) is 0 Å². The summed E-state index contributed by atoms with van der Waals surface area (Å²) < 4.78 is 5.00. The van der Waals surface area contributed by atoms with Crippen molar-refractivity contribution >= 4 is 17.6 Å². The second kappa shape index (κ2) is 9.47. The number of hydrogen-bond acceptors (Lipinski definition) is 4. The fourth-order valence-corrected chi connectivity index (χ4v) is 2.22. The summed E-state index contributed by atoms with van der Waals surface area (Å²) in [5.41, 5.74) is 2.01. The Bertz CT molecular complexity index is 671. The van der Waals surface area contributed by atoms with Crippen LogP contribution in [0.1, 0.15) is 29.3 Å². The maximum Gasteiger partial charge on any atom is 0.340 e. The highest BCUT2D eigenvalue weighted by atomic mass is 16.5. The average molecular weight is 326 g/mol. The number of amides is 1. The van der Waals surface area contributed by atoms with Gasteiger partial charge in [-0.3, -0.25) is 4.79 Å². The molecular weight excluding hydrogens is 304 g/mol. The van der Waals surface area contributed by atoms with Crippen LogP contribution in [-0.4, -0.2) is 25.0 Å². The Balaban J connectivity index is 1.81. The first-order valence-electron chi connectivity index (χ1n) is 8.01. The van der Waals surface area contributed by atoms with Gasteiger partial charge in [-0.1, -0.05) is 42.5 Å². The molecule has 0 spiro atoms. The number of rotatable bonds is 8. The van der Waals surface area contributed by atoms with Crippen molar-refractivity contribution in [2.24, 2.45) is 0 Å². The number of ether oxygens (including phenoxy) is 1. The van der Waals surface area contributed by atoms with Crippen LogP contribution in [0.4, 0.5) is 5.69 Å². The molecule has 126 valence electrons. The third-order valence-electron chi connectivity index (χ3n) is 3.40. The Morgan fingerprint density at radius 2 is 1.71 bits per heavy atom. The van der Waals surface area contributed by atoms with Gasteiger partial charge in [0.2, 0.25) is 5.91 Å². The lowest BCUT2D eigenvalue weighted by Crippen LogP contribution is -2.22. The molecule has 2 aromatic rings. The molecule has 0 atom stereocenters. The zero-order valence-corrected chi connectivity index (χ0v) is 13.7. The highest BCUT2D eigenvalue weighted by Gasteiger charge is 2.13. The van der Waals surface area contributed by atoms with Gasteiger partial charge in [0.1, 0.15) is 0 Å². The molecule has 0 radical (unpaired) electrons. The SMILES string of the molecule is CCOC(=O)c1ccccc1NC(=O)CCNCc1ccccc1. The molecule has 0 bridgehead atoms. The molecule has 0 aliphatic heterocycles. The zero-order chi connectivity index (χ0) is 17.2. The predicted molar refractivity (Wildman–Crippen MR) is 93.8 cm³/mol. The lowest BCUT2D eigenvalue weighted by Gasteiger charge is -2.10. The molecular formula is C19H22N2O3. The Hall–Kier alpha value is -2.66. The van der Waals surface area contributed by atoms with Crippen molar-refractivity contribution in [1.29, 1.82) is 0 Å². The molecule has 0 fully saturated rings. The second-order valence-corrected chi connectivity index (χ2v) is 5.23. The summed E-state index contributed by atoms with van der Waals surface area (Å²) >= 11 is 0. The fraction of sp³-hybridized carbons (Fsp3) is 0.263. The number of hydrogen-bond donors (Lipinski definition) is 2. The molecule has 5 heteroatoms. The van der Waals surface area contributed by atoms with Gasteiger partial charge in [0, 0.05) is 19.5 Å². The Morgan fingerprint density at radius 3 is 2.46 bits per heavy atom. The van der Waals surface area contributed by atoms with Crippen LogP contribution >= 0.6 is 0 Å². The fourth-order valence-electron chi connectivity index (χ4n) is 2.22. The lowest BCUT2D eigenvalue weighted by molar-refractivity contribution is -0.116. The largest absolute Gasteiger partial charge is 0.462 e. The number of esters is 1. The second-order valence-electron chi connectivity index (χ2n) is 5.23. The average Bonchev–Trinajstić information content (AvgIpc) is 2.60. The molecule has 0 saturated heterocycles. The van der Waals surface area contributed by atoms with E-state index in [1.54, 1.807) is 31.2 Å². The number of carbonyl (C=O) groups excluding carboxylic acids is 2. The van der Waals surface area contributed by atoms with Crippen LogP contribution < -0.4 is 10.6 Å². The quantitative estimate of drug-likeness (QED) is 0.578. The number of benzene rings is 2. The van der Waals surface area contributed by atoms with E-state index in [-0.39, 0.29) is 5.91 Å². The first-order chi connectivity index (χ1) is 11.7. The van der Waals surface area contributed by atoms with E-state index in [2.05, 4.69) is 10.6 Å². The van der Waals surface area contributed by atoms with Crippen LogP contribution in [0, 0.1) is 0 Å². The molecule has 1 amide bonds. The predicted octanol–water partition coefficient (Wildman–Crippen LogP) is 2.98. The molecule has 0 unspecified atom stereocenters. The summed E-state index contributed by atoms with van der Waals surface area (Å²) in [5.74, 6) is -0.581. The van der Waals surface area contributed by atoms with Crippen molar-refractivity contribution in [2.45, 2.75) is 19.9 Å². The van der Waals surface area contributed by atoms with Gasteiger partial charge in [-0.2, -0.15) is 0 Å². The van der Waals surface area contributed by atoms with Gasteiger partial charge < -0.3 is 15.4 Å². The van der Waals surface area contributed by atoms with Crippen molar-refractivity contribution in [3.8, 4) is 0 Å². The van der Waals surface area contributed by atoms with Crippen molar-refractivity contribution in [1.82, 2.24) is 5.32 Å². The van der Waals surface area contributed by atoms with Crippen LogP contribution in [0.2, 0.25) is 0 Å². The number of nitrogens with one attached hydrogen (secondary N) is 2. The minimum absolute atomic E-state index is 0.146. The third kappa shape index (κ3) is 5.52. The summed E-state index contributed by atoms with van der Waals surface area (Å²) in [6, 6.07) is 16.8. The van der Waals surface area contributed by atoms with Crippen molar-refractivity contribution < 1.29 is 14.3 Å². The Morgan fingerprint density at radius 1 is 1.00 bits per heavy atom. The minimum Gasteiger partial charge on any atom is -0.462 e. The van der Waals surface area contributed by atoms with Crippen molar-refractivity contribution in [2.75, 3.05) is 18.5 Å². The van der Waals surface area contributed by atoms with Crippen LogP contribution in [-0.2, 0) is 16.1 Å². The van der Waals surface area contributed by atoms with E-state index < -0.39 is 5.97 Å². The van der Waals surface area contributed by atoms with E-state index in [9.17, 15) is 9.59 Å². The van der Waals surface area contributed by atoms with Crippen LogP contribution in [0.3, 0.4) is 0 Å². The minimum atomic E-state index is -0.435. The summed E-state index contributed by atoms with van der Waals surface area (Å²) in [4.78, 5) is 23.9. The monoisotopic (exact) mass is 326 g/mol. The first-order valence-corrected chi connectivity index (χ1v) is 8.01. The molecule has 5 nitrogen and oxygen atoms in total. The molecule has 0 aliphatic rings. The Kier molecular flexibility index (Phi) is 6.98. The van der Waals surface area contributed by atoms with E-state index in [0.29, 0.717) is 37.4 Å². The normalized spacial score (nSPS) is 10.2. The third-order valence-corrected chi connectivity index (χ3v) is 3.40. The zero-order valence-electron chi connectivity index (χ0n) is 13.7. The van der Waals surface area contributed by atoms with Gasteiger partial charge in [0.05, 0.1) is 17.9 Å². The van der Waals surface area contributed by atoms with E-state index >= 15 is 0 Å². The highest BCUT2D eigenvalue weighted by Crippen LogP contribution is 2.16. The topological polar surface area (TPSA) is 67.4 Å². The van der Waals surface area contributed by atoms with Crippen molar-refractivity contribution in [3.05, 3.63) is 65.7 Å². The summed E-state index contributed by atoms with van der Waals surface area (Å²) in [6.45, 7) is 3.32. The molecule has 0 aliphatic carbocycles. The van der Waals surface area contributed by atoms with Gasteiger partial charge in [0.25, 0.3) is 0 Å². The van der Waals surface area contributed by atoms with E-state index in [1.807, 2.05) is 30.3 Å². The first kappa shape index (κ1) is 17.7. The van der Waals surface area contributed by atoms with Gasteiger partial charge >= 0.3 is 5.97 Å². The standard InChI is InChI=1S/C19H22N2O3/c1-2-24-19(23)16-10-6-7-11-17(16)21-18(22)12-13-20-14-15-8-4-3-5-9-15/h3-11,20H,2,12-14H2,1H3,(H,21,22). The van der Waals surface area contributed by atoms with Crippen LogP contribution in [0.15, 0.2) is 54.6 Å². The summed E-state index contributed by atoms with van der Waals surface area (Å²) in [5, 5.41) is 5.99. The number of carbonyl (C=O) groups is 2. The maximum absolute atomic E-state index is 12.1. The molecule has 2 N–H and O–H groups in total. The molecule has 24 heavy (non-hydrogen) atoms. The van der Waals surface area contributed by atoms with Gasteiger partial charge in [-0.05, 0) is 24.6 Å². The maximum atomic E-state index is 12.1. The molecule has 0 heterocycles. The Labute approximate surface area is 142 Å². The molecule has 0 aromatic heterocycles. The van der Waals surface area contributed by atoms with Crippen molar-refractivity contribution in [3.63, 3.8) is 0 Å². The number of anilines is 1.